The van der Waals surface area contributed by atoms with Crippen molar-refractivity contribution in [3.05, 3.63) is 41.3 Å². The van der Waals surface area contributed by atoms with E-state index in [4.69, 9.17) is 9.26 Å². The molecule has 0 amide bonds. The number of methoxy groups -OCH3 is 1. The molecule has 1 aliphatic rings. The monoisotopic (exact) mass is 316 g/mol. The van der Waals surface area contributed by atoms with Gasteiger partial charge in [0.2, 0.25) is 0 Å². The van der Waals surface area contributed by atoms with Gasteiger partial charge in [0.1, 0.15) is 11.5 Å². The van der Waals surface area contributed by atoms with Gasteiger partial charge in [-0.2, -0.15) is 0 Å². The van der Waals surface area contributed by atoms with E-state index < -0.39 is 0 Å². The summed E-state index contributed by atoms with van der Waals surface area (Å²) in [6.45, 7) is 6.07. The molecule has 1 aromatic carbocycles. The first kappa shape index (κ1) is 15.9. The molecule has 124 valence electrons. The summed E-state index contributed by atoms with van der Waals surface area (Å²) >= 11 is 0. The van der Waals surface area contributed by atoms with E-state index in [1.54, 1.807) is 13.2 Å². The average Bonchev–Trinajstić information content (AvgIpc) is 3.17. The summed E-state index contributed by atoms with van der Waals surface area (Å²) in [7, 11) is 1.57. The number of likely N-dealkylation sites (tertiary alicyclic amines) is 1. The largest absolute Gasteiger partial charge is 0.504 e. The molecule has 2 heterocycles. The number of nitrogens with zero attached hydrogens (tertiary/aromatic N) is 2. The van der Waals surface area contributed by atoms with Crippen molar-refractivity contribution in [1.82, 2.24) is 10.1 Å². The molecule has 2 aromatic rings. The molecule has 1 aromatic heterocycles. The second-order valence-electron chi connectivity index (χ2n) is 6.44. The first-order valence-electron chi connectivity index (χ1n) is 8.15. The summed E-state index contributed by atoms with van der Waals surface area (Å²) in [4.78, 5) is 2.41. The van der Waals surface area contributed by atoms with E-state index in [9.17, 15) is 5.11 Å². The summed E-state index contributed by atoms with van der Waals surface area (Å²) in [6, 6.07) is 7.91. The Labute approximate surface area is 136 Å². The smallest absolute Gasteiger partial charge is 0.160 e. The summed E-state index contributed by atoms with van der Waals surface area (Å²) in [6.07, 6.45) is 2.25. The molecule has 3 rings (SSSR count). The Morgan fingerprint density at radius 3 is 2.91 bits per heavy atom. The zero-order chi connectivity index (χ0) is 16.4. The normalized spacial score (nSPS) is 18.7. The van der Waals surface area contributed by atoms with Crippen molar-refractivity contribution < 1.29 is 14.4 Å². The first-order valence-corrected chi connectivity index (χ1v) is 8.15. The van der Waals surface area contributed by atoms with Crippen molar-refractivity contribution in [2.24, 2.45) is 0 Å². The molecule has 0 spiro atoms. The van der Waals surface area contributed by atoms with Crippen LogP contribution in [0.1, 0.15) is 55.7 Å². The fraction of sp³-hybridized carbons (Fsp3) is 0.500. The van der Waals surface area contributed by atoms with E-state index in [1.165, 1.54) is 0 Å². The number of phenolic OH excluding ortho intramolecular Hbond substituents is 1. The average molecular weight is 316 g/mol. The predicted octanol–water partition coefficient (Wildman–Crippen LogP) is 3.85. The van der Waals surface area contributed by atoms with Crippen LogP contribution in [0.25, 0.3) is 0 Å². The molecule has 1 atom stereocenters. The molecular weight excluding hydrogens is 292 g/mol. The third kappa shape index (κ3) is 3.34. The Hall–Kier alpha value is -2.01. The van der Waals surface area contributed by atoms with E-state index in [0.717, 1.165) is 42.9 Å². The molecule has 1 unspecified atom stereocenters. The van der Waals surface area contributed by atoms with Crippen LogP contribution in [0.2, 0.25) is 0 Å². The van der Waals surface area contributed by atoms with Gasteiger partial charge in [0, 0.05) is 18.5 Å². The van der Waals surface area contributed by atoms with E-state index in [0.29, 0.717) is 17.7 Å². The van der Waals surface area contributed by atoms with Crippen LogP contribution in [0.15, 0.2) is 28.8 Å². The van der Waals surface area contributed by atoms with Gasteiger partial charge in [-0.25, -0.2) is 0 Å². The van der Waals surface area contributed by atoms with E-state index in [1.807, 2.05) is 12.1 Å². The molecule has 1 N–H and O–H groups in total. The number of hydrogen-bond acceptors (Lipinski definition) is 5. The highest BCUT2D eigenvalue weighted by Gasteiger charge is 2.29. The molecule has 0 saturated carbocycles. The minimum Gasteiger partial charge on any atom is -0.504 e. The van der Waals surface area contributed by atoms with Gasteiger partial charge in [0.15, 0.2) is 11.5 Å². The number of ether oxygens (including phenoxy) is 1. The van der Waals surface area contributed by atoms with Gasteiger partial charge < -0.3 is 14.4 Å². The number of benzene rings is 1. The highest BCUT2D eigenvalue weighted by molar-refractivity contribution is 5.41. The van der Waals surface area contributed by atoms with Gasteiger partial charge in [-0.15, -0.1) is 0 Å². The molecule has 1 fully saturated rings. The summed E-state index contributed by atoms with van der Waals surface area (Å²) in [5.41, 5.74) is 2.15. The van der Waals surface area contributed by atoms with Gasteiger partial charge in [0.05, 0.1) is 13.2 Å². The Morgan fingerprint density at radius 1 is 1.39 bits per heavy atom. The molecule has 0 bridgehead atoms. The molecule has 0 radical (unpaired) electrons. The molecule has 1 aliphatic heterocycles. The van der Waals surface area contributed by atoms with Crippen LogP contribution in [0.5, 0.6) is 11.5 Å². The number of aromatic nitrogens is 1. The minimum atomic E-state index is 0.173. The first-order chi connectivity index (χ1) is 11.1. The second-order valence-corrected chi connectivity index (χ2v) is 6.44. The number of phenols is 1. The summed E-state index contributed by atoms with van der Waals surface area (Å²) < 4.78 is 10.7. The van der Waals surface area contributed by atoms with Crippen LogP contribution >= 0.6 is 0 Å². The van der Waals surface area contributed by atoms with Crippen LogP contribution in [0.4, 0.5) is 0 Å². The Balaban J connectivity index is 1.76. The summed E-state index contributed by atoms with van der Waals surface area (Å²) in [5, 5.41) is 14.0. The quantitative estimate of drug-likeness (QED) is 0.908. The lowest BCUT2D eigenvalue weighted by Crippen LogP contribution is -2.23. The minimum absolute atomic E-state index is 0.173. The van der Waals surface area contributed by atoms with Crippen molar-refractivity contribution in [3.8, 4) is 11.5 Å². The highest BCUT2D eigenvalue weighted by atomic mass is 16.5. The van der Waals surface area contributed by atoms with E-state index in [-0.39, 0.29) is 5.75 Å². The van der Waals surface area contributed by atoms with Crippen molar-refractivity contribution in [2.45, 2.75) is 45.2 Å². The Morgan fingerprint density at radius 2 is 2.22 bits per heavy atom. The van der Waals surface area contributed by atoms with Gasteiger partial charge >= 0.3 is 0 Å². The maximum absolute atomic E-state index is 9.72. The van der Waals surface area contributed by atoms with Crippen molar-refractivity contribution >= 4 is 0 Å². The van der Waals surface area contributed by atoms with Gasteiger partial charge in [-0.05, 0) is 37.1 Å². The molecule has 1 saturated heterocycles. The fourth-order valence-electron chi connectivity index (χ4n) is 3.14. The molecule has 0 aliphatic carbocycles. The second kappa shape index (κ2) is 6.62. The highest BCUT2D eigenvalue weighted by Crippen LogP contribution is 2.35. The van der Waals surface area contributed by atoms with Crippen LogP contribution in [-0.4, -0.2) is 28.8 Å². The lowest BCUT2D eigenvalue weighted by atomic mass is 10.1. The Bertz CT molecular complexity index is 666. The molecule has 23 heavy (non-hydrogen) atoms. The van der Waals surface area contributed by atoms with Crippen LogP contribution < -0.4 is 4.74 Å². The van der Waals surface area contributed by atoms with Gasteiger partial charge in [-0.3, -0.25) is 4.90 Å². The summed E-state index contributed by atoms with van der Waals surface area (Å²) in [5.74, 6) is 1.99. The number of rotatable bonds is 5. The molecule has 5 nitrogen and oxygen atoms in total. The Kier molecular flexibility index (Phi) is 4.57. The van der Waals surface area contributed by atoms with Gasteiger partial charge in [0.25, 0.3) is 0 Å². The van der Waals surface area contributed by atoms with Crippen molar-refractivity contribution in [2.75, 3.05) is 13.7 Å². The van der Waals surface area contributed by atoms with Crippen LogP contribution in [0, 0.1) is 0 Å². The lowest BCUT2D eigenvalue weighted by molar-refractivity contribution is 0.235. The third-order valence-electron chi connectivity index (χ3n) is 4.45. The van der Waals surface area contributed by atoms with E-state index >= 15 is 0 Å². The number of hydrogen-bond donors (Lipinski definition) is 1. The standard InChI is InChI=1S/C18H24N2O3/c1-12(2)17-10-14(19-23-17)15-5-4-8-20(15)11-13-6-7-16(21)18(9-13)22-3/h6-7,9-10,12,15,21H,4-5,8,11H2,1-3H3. The maximum atomic E-state index is 9.72. The van der Waals surface area contributed by atoms with Crippen molar-refractivity contribution in [3.63, 3.8) is 0 Å². The third-order valence-corrected chi connectivity index (χ3v) is 4.45. The van der Waals surface area contributed by atoms with E-state index in [2.05, 4.69) is 30.0 Å². The van der Waals surface area contributed by atoms with Crippen LogP contribution in [-0.2, 0) is 6.54 Å². The topological polar surface area (TPSA) is 58.7 Å². The SMILES string of the molecule is COc1cc(CN2CCCC2c2cc(C(C)C)on2)ccc1O. The molecular formula is C18H24N2O3. The zero-order valence-electron chi connectivity index (χ0n) is 14.0. The fourth-order valence-corrected chi connectivity index (χ4v) is 3.14. The molecule has 5 heteroatoms. The van der Waals surface area contributed by atoms with Gasteiger partial charge in [-0.1, -0.05) is 25.1 Å². The van der Waals surface area contributed by atoms with Crippen molar-refractivity contribution in [1.29, 1.82) is 0 Å². The van der Waals surface area contributed by atoms with Crippen LogP contribution in [0.3, 0.4) is 0 Å². The lowest BCUT2D eigenvalue weighted by Gasteiger charge is -2.23. The number of aromatic hydroxyl groups is 1. The zero-order valence-corrected chi connectivity index (χ0v) is 14.0. The maximum Gasteiger partial charge on any atom is 0.160 e. The predicted molar refractivity (Wildman–Crippen MR) is 87.6 cm³/mol.